The summed E-state index contributed by atoms with van der Waals surface area (Å²) < 4.78 is 2.06. The Balaban J connectivity index is 2.80. The maximum Gasteiger partial charge on any atom is 0.139 e. The molecule has 1 unspecified atom stereocenters. The molecule has 2 aromatic rings. The predicted octanol–water partition coefficient (Wildman–Crippen LogP) is 2.24. The molecule has 0 aliphatic heterocycles. The van der Waals surface area contributed by atoms with Crippen molar-refractivity contribution in [3.8, 4) is 0 Å². The summed E-state index contributed by atoms with van der Waals surface area (Å²) in [7, 11) is 0. The summed E-state index contributed by atoms with van der Waals surface area (Å²) in [6, 6.07) is 1.93. The Morgan fingerprint density at radius 2 is 2.06 bits per heavy atom. The van der Waals surface area contributed by atoms with Gasteiger partial charge in [0, 0.05) is 11.7 Å². The van der Waals surface area contributed by atoms with E-state index in [2.05, 4.69) is 35.3 Å². The lowest BCUT2D eigenvalue weighted by molar-refractivity contribution is 0.176. The largest absolute Gasteiger partial charge is 0.385 e. The summed E-state index contributed by atoms with van der Waals surface area (Å²) in [5.41, 5.74) is 1.73. The first-order valence-corrected chi connectivity index (χ1v) is 5.42. The number of imidazole rings is 1. The minimum atomic E-state index is -0.577. The van der Waals surface area contributed by atoms with Crippen LogP contribution in [-0.4, -0.2) is 19.6 Å². The second-order valence-corrected chi connectivity index (χ2v) is 5.02. The second kappa shape index (κ2) is 3.56. The summed E-state index contributed by atoms with van der Waals surface area (Å²) in [6.45, 7) is 8.03. The molecule has 4 heteroatoms. The van der Waals surface area contributed by atoms with Gasteiger partial charge in [-0.3, -0.25) is 4.98 Å². The number of pyridine rings is 1. The van der Waals surface area contributed by atoms with Gasteiger partial charge < -0.3 is 9.67 Å². The molecule has 2 rings (SSSR count). The lowest BCUT2D eigenvalue weighted by Gasteiger charge is -2.25. The van der Waals surface area contributed by atoms with Crippen LogP contribution in [0.2, 0.25) is 0 Å². The van der Waals surface area contributed by atoms with E-state index < -0.39 is 6.10 Å². The third kappa shape index (κ3) is 1.69. The average Bonchev–Trinajstić information content (AvgIpc) is 2.55. The lowest BCUT2D eigenvalue weighted by Crippen LogP contribution is -2.24. The molecule has 0 radical (unpaired) electrons. The van der Waals surface area contributed by atoms with Crippen molar-refractivity contribution in [3.63, 3.8) is 0 Å². The van der Waals surface area contributed by atoms with Crippen LogP contribution < -0.4 is 0 Å². The van der Waals surface area contributed by atoms with E-state index in [9.17, 15) is 5.11 Å². The molecule has 1 atom stereocenters. The van der Waals surface area contributed by atoms with Crippen LogP contribution in [0.4, 0.5) is 0 Å². The second-order valence-electron chi connectivity index (χ2n) is 5.02. The van der Waals surface area contributed by atoms with E-state index in [-0.39, 0.29) is 5.54 Å². The monoisotopic (exact) mass is 219 g/mol. The van der Waals surface area contributed by atoms with Crippen LogP contribution in [0.25, 0.3) is 11.0 Å². The van der Waals surface area contributed by atoms with Gasteiger partial charge in [-0.25, -0.2) is 4.98 Å². The zero-order valence-electron chi connectivity index (χ0n) is 10.1. The molecule has 0 amide bonds. The van der Waals surface area contributed by atoms with Crippen molar-refractivity contribution in [1.82, 2.24) is 14.5 Å². The molecular formula is C12H17N3O. The first-order chi connectivity index (χ1) is 7.41. The van der Waals surface area contributed by atoms with Crippen molar-refractivity contribution in [2.45, 2.75) is 39.3 Å². The molecule has 2 heterocycles. The fourth-order valence-electron chi connectivity index (χ4n) is 1.94. The minimum Gasteiger partial charge on any atom is -0.385 e. The van der Waals surface area contributed by atoms with Crippen LogP contribution in [0.5, 0.6) is 0 Å². The number of hydrogen-bond acceptors (Lipinski definition) is 3. The highest BCUT2D eigenvalue weighted by Gasteiger charge is 2.23. The first kappa shape index (κ1) is 11.1. The molecule has 86 valence electrons. The van der Waals surface area contributed by atoms with E-state index in [1.165, 1.54) is 0 Å². The predicted molar refractivity (Wildman–Crippen MR) is 63.2 cm³/mol. The Morgan fingerprint density at radius 3 is 2.62 bits per heavy atom. The number of fused-ring (bicyclic) bond motifs is 1. The Bertz CT molecular complexity index is 508. The highest BCUT2D eigenvalue weighted by Crippen LogP contribution is 2.27. The molecule has 0 spiro atoms. The Hall–Kier alpha value is -1.42. The molecule has 0 aliphatic carbocycles. The van der Waals surface area contributed by atoms with Crippen LogP contribution in [0.15, 0.2) is 18.5 Å². The molecule has 16 heavy (non-hydrogen) atoms. The maximum atomic E-state index is 9.77. The Kier molecular flexibility index (Phi) is 2.46. The zero-order chi connectivity index (χ0) is 11.9. The van der Waals surface area contributed by atoms with Gasteiger partial charge in [0.05, 0.1) is 11.7 Å². The van der Waals surface area contributed by atoms with Crippen LogP contribution in [0.3, 0.4) is 0 Å². The summed E-state index contributed by atoms with van der Waals surface area (Å²) in [6.07, 6.45) is 2.90. The smallest absolute Gasteiger partial charge is 0.139 e. The first-order valence-electron chi connectivity index (χ1n) is 5.42. The molecule has 0 saturated carbocycles. The van der Waals surface area contributed by atoms with Gasteiger partial charge >= 0.3 is 0 Å². The molecule has 0 bridgehead atoms. The standard InChI is InChI=1S/C12H17N3O/c1-8(16)11-14-9-7-13-6-5-10(9)15(11)12(2,3)4/h5-8,16H,1-4H3. The van der Waals surface area contributed by atoms with Crippen LogP contribution >= 0.6 is 0 Å². The van der Waals surface area contributed by atoms with Gasteiger partial charge in [0.2, 0.25) is 0 Å². The van der Waals surface area contributed by atoms with E-state index in [0.717, 1.165) is 11.0 Å². The Morgan fingerprint density at radius 1 is 1.38 bits per heavy atom. The topological polar surface area (TPSA) is 50.9 Å². The van der Waals surface area contributed by atoms with Crippen molar-refractivity contribution in [3.05, 3.63) is 24.3 Å². The van der Waals surface area contributed by atoms with E-state index in [0.29, 0.717) is 5.82 Å². The summed E-state index contributed by atoms with van der Waals surface area (Å²) in [4.78, 5) is 8.48. The molecule has 1 N–H and O–H groups in total. The van der Waals surface area contributed by atoms with Gasteiger partial charge in [-0.2, -0.15) is 0 Å². The quantitative estimate of drug-likeness (QED) is 0.800. The molecule has 0 saturated heterocycles. The van der Waals surface area contributed by atoms with Gasteiger partial charge in [-0.1, -0.05) is 0 Å². The maximum absolute atomic E-state index is 9.77. The highest BCUT2D eigenvalue weighted by atomic mass is 16.3. The van der Waals surface area contributed by atoms with Crippen molar-refractivity contribution in [2.75, 3.05) is 0 Å². The van der Waals surface area contributed by atoms with Crippen LogP contribution in [0.1, 0.15) is 39.6 Å². The number of hydrogen-bond donors (Lipinski definition) is 1. The summed E-state index contributed by atoms with van der Waals surface area (Å²) >= 11 is 0. The van der Waals surface area contributed by atoms with E-state index in [1.807, 2.05) is 6.07 Å². The van der Waals surface area contributed by atoms with Crippen molar-refractivity contribution in [2.24, 2.45) is 0 Å². The SMILES string of the molecule is CC(O)c1nc2cnccc2n1C(C)(C)C. The van der Waals surface area contributed by atoms with Gasteiger partial charge in [0.15, 0.2) is 0 Å². The third-order valence-electron chi connectivity index (χ3n) is 2.53. The number of rotatable bonds is 1. The van der Waals surface area contributed by atoms with Gasteiger partial charge in [0.25, 0.3) is 0 Å². The summed E-state index contributed by atoms with van der Waals surface area (Å²) in [5, 5.41) is 9.77. The number of nitrogens with zero attached hydrogens (tertiary/aromatic N) is 3. The van der Waals surface area contributed by atoms with E-state index >= 15 is 0 Å². The minimum absolute atomic E-state index is 0.109. The van der Waals surface area contributed by atoms with Crippen molar-refractivity contribution < 1.29 is 5.11 Å². The van der Waals surface area contributed by atoms with Gasteiger partial charge in [-0.15, -0.1) is 0 Å². The molecule has 4 nitrogen and oxygen atoms in total. The average molecular weight is 219 g/mol. The van der Waals surface area contributed by atoms with Crippen molar-refractivity contribution >= 4 is 11.0 Å². The fourth-order valence-corrected chi connectivity index (χ4v) is 1.94. The third-order valence-corrected chi connectivity index (χ3v) is 2.53. The molecule has 0 fully saturated rings. The number of aliphatic hydroxyl groups excluding tert-OH is 1. The van der Waals surface area contributed by atoms with Gasteiger partial charge in [-0.05, 0) is 33.8 Å². The highest BCUT2D eigenvalue weighted by molar-refractivity contribution is 5.75. The van der Waals surface area contributed by atoms with Gasteiger partial charge in [0.1, 0.15) is 17.4 Å². The molecule has 0 aromatic carbocycles. The van der Waals surface area contributed by atoms with E-state index in [1.54, 1.807) is 19.3 Å². The van der Waals surface area contributed by atoms with E-state index in [4.69, 9.17) is 0 Å². The van der Waals surface area contributed by atoms with Crippen LogP contribution in [0, 0.1) is 0 Å². The molecule has 2 aromatic heterocycles. The molecular weight excluding hydrogens is 202 g/mol. The Labute approximate surface area is 95.0 Å². The number of aliphatic hydroxyl groups is 1. The normalized spacial score (nSPS) is 14.3. The lowest BCUT2D eigenvalue weighted by atomic mass is 10.1. The zero-order valence-corrected chi connectivity index (χ0v) is 10.1. The molecule has 0 aliphatic rings. The summed E-state index contributed by atoms with van der Waals surface area (Å²) in [5.74, 6) is 0.690. The number of aromatic nitrogens is 3. The van der Waals surface area contributed by atoms with Crippen molar-refractivity contribution in [1.29, 1.82) is 0 Å². The fraction of sp³-hybridized carbons (Fsp3) is 0.500. The van der Waals surface area contributed by atoms with Crippen LogP contribution in [-0.2, 0) is 5.54 Å².